The molecule has 1 aromatic carbocycles. The fraction of sp³-hybridized carbons (Fsp3) is 0.467. The number of carbonyl (C=O) groups excluding carboxylic acids is 1. The van der Waals surface area contributed by atoms with Crippen molar-refractivity contribution in [1.29, 1.82) is 0 Å². The SMILES string of the molecule is O=C(O)[C@H]1C[C@H]1C(=O)N1CCN(c2ccccc2Cl)CC1. The van der Waals surface area contributed by atoms with Gasteiger partial charge < -0.3 is 14.9 Å². The van der Waals surface area contributed by atoms with E-state index in [2.05, 4.69) is 4.90 Å². The van der Waals surface area contributed by atoms with Crippen LogP contribution in [-0.2, 0) is 9.59 Å². The van der Waals surface area contributed by atoms with Crippen molar-refractivity contribution in [2.24, 2.45) is 11.8 Å². The number of rotatable bonds is 3. The van der Waals surface area contributed by atoms with Crippen molar-refractivity contribution in [2.45, 2.75) is 6.42 Å². The first-order valence-electron chi connectivity index (χ1n) is 7.09. The zero-order chi connectivity index (χ0) is 15.0. The van der Waals surface area contributed by atoms with Crippen molar-refractivity contribution < 1.29 is 14.7 Å². The van der Waals surface area contributed by atoms with Gasteiger partial charge in [-0.05, 0) is 18.6 Å². The van der Waals surface area contributed by atoms with E-state index < -0.39 is 11.9 Å². The minimum absolute atomic E-state index is 0.0128. The molecule has 0 bridgehead atoms. The van der Waals surface area contributed by atoms with E-state index in [1.165, 1.54) is 0 Å². The number of piperazine rings is 1. The number of aliphatic carboxylic acids is 1. The number of benzene rings is 1. The molecule has 0 aromatic heterocycles. The van der Waals surface area contributed by atoms with E-state index in [1.807, 2.05) is 24.3 Å². The molecule has 1 saturated carbocycles. The van der Waals surface area contributed by atoms with Crippen LogP contribution in [0.2, 0.25) is 5.02 Å². The second kappa shape index (κ2) is 5.56. The second-order valence-electron chi connectivity index (χ2n) is 5.55. The van der Waals surface area contributed by atoms with Crippen molar-refractivity contribution in [2.75, 3.05) is 31.1 Å². The lowest BCUT2D eigenvalue weighted by molar-refractivity contribution is -0.142. The number of hydrogen-bond donors (Lipinski definition) is 1. The second-order valence-corrected chi connectivity index (χ2v) is 5.96. The van der Waals surface area contributed by atoms with E-state index in [4.69, 9.17) is 16.7 Å². The molecule has 1 aliphatic heterocycles. The molecule has 2 atom stereocenters. The molecule has 1 aliphatic carbocycles. The lowest BCUT2D eigenvalue weighted by Gasteiger charge is -2.36. The molecule has 2 aliphatic rings. The van der Waals surface area contributed by atoms with Gasteiger partial charge in [0.05, 0.1) is 22.5 Å². The molecule has 3 rings (SSSR count). The summed E-state index contributed by atoms with van der Waals surface area (Å²) in [6.45, 7) is 2.68. The van der Waals surface area contributed by atoms with E-state index in [0.29, 0.717) is 24.5 Å². The first-order chi connectivity index (χ1) is 10.1. The number of para-hydroxylation sites is 1. The molecule has 1 saturated heterocycles. The van der Waals surface area contributed by atoms with Crippen LogP contribution in [0.4, 0.5) is 5.69 Å². The average molecular weight is 309 g/mol. The number of amides is 1. The Bertz CT molecular complexity index is 570. The highest BCUT2D eigenvalue weighted by Gasteiger charge is 2.50. The Morgan fingerprint density at radius 3 is 2.33 bits per heavy atom. The summed E-state index contributed by atoms with van der Waals surface area (Å²) in [7, 11) is 0. The van der Waals surface area contributed by atoms with Crippen LogP contribution in [0.25, 0.3) is 0 Å². The highest BCUT2D eigenvalue weighted by molar-refractivity contribution is 6.33. The first-order valence-corrected chi connectivity index (χ1v) is 7.47. The molecule has 5 nitrogen and oxygen atoms in total. The number of carbonyl (C=O) groups is 2. The Labute approximate surface area is 128 Å². The number of anilines is 1. The van der Waals surface area contributed by atoms with E-state index in [0.717, 1.165) is 18.8 Å². The van der Waals surface area contributed by atoms with Crippen LogP contribution in [0, 0.1) is 11.8 Å². The van der Waals surface area contributed by atoms with Crippen molar-refractivity contribution in [3.8, 4) is 0 Å². The lowest BCUT2D eigenvalue weighted by atomic mass is 10.2. The normalized spacial score (nSPS) is 24.8. The molecule has 2 fully saturated rings. The van der Waals surface area contributed by atoms with Crippen molar-refractivity contribution in [1.82, 2.24) is 4.90 Å². The highest BCUT2D eigenvalue weighted by Crippen LogP contribution is 2.40. The van der Waals surface area contributed by atoms with Gasteiger partial charge in [-0.2, -0.15) is 0 Å². The summed E-state index contributed by atoms with van der Waals surface area (Å²) in [4.78, 5) is 27.0. The summed E-state index contributed by atoms with van der Waals surface area (Å²) < 4.78 is 0. The quantitative estimate of drug-likeness (QED) is 0.923. The predicted molar refractivity (Wildman–Crippen MR) is 79.5 cm³/mol. The number of nitrogens with zero attached hydrogens (tertiary/aromatic N) is 2. The third-order valence-corrected chi connectivity index (χ3v) is 4.53. The summed E-state index contributed by atoms with van der Waals surface area (Å²) >= 11 is 6.18. The van der Waals surface area contributed by atoms with Crippen LogP contribution < -0.4 is 4.90 Å². The molecular weight excluding hydrogens is 292 g/mol. The Hall–Kier alpha value is -1.75. The van der Waals surface area contributed by atoms with Gasteiger partial charge in [0.15, 0.2) is 0 Å². The van der Waals surface area contributed by atoms with Crippen molar-refractivity contribution >= 4 is 29.2 Å². The van der Waals surface area contributed by atoms with Gasteiger partial charge in [-0.1, -0.05) is 23.7 Å². The third kappa shape index (κ3) is 2.83. The van der Waals surface area contributed by atoms with Gasteiger partial charge in [0, 0.05) is 26.2 Å². The van der Waals surface area contributed by atoms with Gasteiger partial charge in [-0.15, -0.1) is 0 Å². The fourth-order valence-electron chi connectivity index (χ4n) is 2.85. The van der Waals surface area contributed by atoms with Gasteiger partial charge in [-0.3, -0.25) is 9.59 Å². The Kier molecular flexibility index (Phi) is 3.76. The molecule has 6 heteroatoms. The Morgan fingerprint density at radius 1 is 1.10 bits per heavy atom. The summed E-state index contributed by atoms with van der Waals surface area (Å²) in [6.07, 6.45) is 0.485. The predicted octanol–water partition coefficient (Wildman–Crippen LogP) is 1.71. The highest BCUT2D eigenvalue weighted by atomic mass is 35.5. The zero-order valence-corrected chi connectivity index (χ0v) is 12.3. The maximum atomic E-state index is 12.2. The van der Waals surface area contributed by atoms with Gasteiger partial charge >= 0.3 is 5.97 Å². The molecule has 1 N–H and O–H groups in total. The van der Waals surface area contributed by atoms with E-state index in [1.54, 1.807) is 4.90 Å². The lowest BCUT2D eigenvalue weighted by Crippen LogP contribution is -2.49. The first kappa shape index (κ1) is 14.2. The number of hydrogen-bond acceptors (Lipinski definition) is 3. The molecular formula is C15H17ClN2O3. The van der Waals surface area contributed by atoms with Gasteiger partial charge in [0.25, 0.3) is 0 Å². The van der Waals surface area contributed by atoms with Crippen LogP contribution >= 0.6 is 11.6 Å². The minimum atomic E-state index is -0.858. The molecule has 112 valence electrons. The molecule has 1 amide bonds. The largest absolute Gasteiger partial charge is 0.481 e. The standard InChI is InChI=1S/C15H17ClN2O3/c16-12-3-1-2-4-13(12)17-5-7-18(8-6-17)14(19)10-9-11(10)15(20)21/h1-4,10-11H,5-9H2,(H,20,21)/t10-,11+/m1/s1. The van der Waals surface area contributed by atoms with Crippen LogP contribution in [-0.4, -0.2) is 48.1 Å². The van der Waals surface area contributed by atoms with Crippen molar-refractivity contribution in [3.05, 3.63) is 29.3 Å². The summed E-state index contributed by atoms with van der Waals surface area (Å²) in [5.74, 6) is -1.65. The van der Waals surface area contributed by atoms with Crippen LogP contribution in [0.15, 0.2) is 24.3 Å². The maximum absolute atomic E-state index is 12.2. The topological polar surface area (TPSA) is 60.9 Å². The van der Waals surface area contributed by atoms with Gasteiger partial charge in [0.1, 0.15) is 0 Å². The average Bonchev–Trinajstić information content (AvgIpc) is 3.28. The van der Waals surface area contributed by atoms with Gasteiger partial charge in [-0.25, -0.2) is 0 Å². The molecule has 0 radical (unpaired) electrons. The Morgan fingerprint density at radius 2 is 1.76 bits per heavy atom. The maximum Gasteiger partial charge on any atom is 0.307 e. The van der Waals surface area contributed by atoms with Crippen LogP contribution in [0.1, 0.15) is 6.42 Å². The molecule has 0 spiro atoms. The summed E-state index contributed by atoms with van der Waals surface area (Å²) in [6, 6.07) is 7.67. The molecule has 0 unspecified atom stereocenters. The van der Waals surface area contributed by atoms with Gasteiger partial charge in [0.2, 0.25) is 5.91 Å². The minimum Gasteiger partial charge on any atom is -0.481 e. The number of carboxylic acids is 1. The van der Waals surface area contributed by atoms with Crippen LogP contribution in [0.3, 0.4) is 0 Å². The van der Waals surface area contributed by atoms with E-state index in [-0.39, 0.29) is 11.8 Å². The van der Waals surface area contributed by atoms with Crippen molar-refractivity contribution in [3.63, 3.8) is 0 Å². The van der Waals surface area contributed by atoms with E-state index in [9.17, 15) is 9.59 Å². The Balaban J connectivity index is 1.57. The molecule has 21 heavy (non-hydrogen) atoms. The fourth-order valence-corrected chi connectivity index (χ4v) is 3.11. The number of halogens is 1. The smallest absolute Gasteiger partial charge is 0.307 e. The van der Waals surface area contributed by atoms with E-state index >= 15 is 0 Å². The molecule has 1 aromatic rings. The zero-order valence-electron chi connectivity index (χ0n) is 11.5. The molecule has 1 heterocycles. The summed E-state index contributed by atoms with van der Waals surface area (Å²) in [5.41, 5.74) is 0.987. The number of carboxylic acid groups (broad SMARTS) is 1. The summed E-state index contributed by atoms with van der Waals surface area (Å²) in [5, 5.41) is 9.61. The monoisotopic (exact) mass is 308 g/mol. The van der Waals surface area contributed by atoms with Crippen LogP contribution in [0.5, 0.6) is 0 Å². The third-order valence-electron chi connectivity index (χ3n) is 4.21.